The van der Waals surface area contributed by atoms with E-state index in [-0.39, 0.29) is 11.5 Å². The van der Waals surface area contributed by atoms with Crippen LogP contribution in [0.4, 0.5) is 5.95 Å². The third-order valence-corrected chi connectivity index (χ3v) is 2.82. The average Bonchev–Trinajstić information content (AvgIpc) is 2.22. The summed E-state index contributed by atoms with van der Waals surface area (Å²) in [5.74, 6) is 0.369. The van der Waals surface area contributed by atoms with Crippen LogP contribution in [0.25, 0.3) is 0 Å². The topological polar surface area (TPSA) is 110 Å². The number of thiocarbonyl (C=S) groups is 1. The molecule has 0 bridgehead atoms. The summed E-state index contributed by atoms with van der Waals surface area (Å²) in [4.78, 5) is 8.43. The molecule has 0 amide bonds. The molecule has 9 heteroatoms. The molecule has 0 atom stereocenters. The molecule has 0 aliphatic rings. The molecule has 0 radical (unpaired) electrons. The van der Waals surface area contributed by atoms with Crippen molar-refractivity contribution < 1.29 is 8.42 Å². The zero-order chi connectivity index (χ0) is 13.8. The minimum atomic E-state index is -3.18. The molecule has 1 aromatic heterocycles. The van der Waals surface area contributed by atoms with Gasteiger partial charge in [0.05, 0.1) is 6.26 Å². The summed E-state index contributed by atoms with van der Waals surface area (Å²) < 4.78 is 24.0. The fourth-order valence-electron chi connectivity index (χ4n) is 1.18. The minimum absolute atomic E-state index is 0.192. The Morgan fingerprint density at radius 3 is 2.67 bits per heavy atom. The number of aromatic nitrogens is 2. The Morgan fingerprint density at radius 1 is 1.44 bits per heavy atom. The van der Waals surface area contributed by atoms with E-state index in [1.54, 1.807) is 13.0 Å². The van der Waals surface area contributed by atoms with E-state index in [0.717, 1.165) is 11.9 Å². The second-order valence-corrected chi connectivity index (χ2v) is 5.95. The lowest BCUT2D eigenvalue weighted by atomic mass is 10.3. The molecule has 0 aliphatic heterocycles. The fraction of sp³-hybridized carbons (Fsp3) is 0.444. The van der Waals surface area contributed by atoms with Gasteiger partial charge in [0.2, 0.25) is 16.0 Å². The Bertz CT molecular complexity index is 544. The van der Waals surface area contributed by atoms with Gasteiger partial charge in [-0.3, -0.25) is 0 Å². The van der Waals surface area contributed by atoms with Crippen molar-refractivity contribution in [1.29, 1.82) is 0 Å². The molecule has 1 aromatic rings. The molecule has 0 aromatic carbocycles. The summed E-state index contributed by atoms with van der Waals surface area (Å²) in [6.07, 6.45) is 1.10. The molecule has 4 N–H and O–H groups in total. The van der Waals surface area contributed by atoms with Crippen LogP contribution in [0.5, 0.6) is 0 Å². The number of rotatable bonds is 6. The highest BCUT2D eigenvalue weighted by Gasteiger charge is 2.04. The summed E-state index contributed by atoms with van der Waals surface area (Å²) in [5.41, 5.74) is 6.70. The maximum Gasteiger partial charge on any atom is 0.223 e. The van der Waals surface area contributed by atoms with E-state index in [2.05, 4.69) is 20.0 Å². The van der Waals surface area contributed by atoms with Crippen LogP contribution >= 0.6 is 12.2 Å². The number of hydrogen-bond donors (Lipinski definition) is 3. The maximum atomic E-state index is 10.8. The van der Waals surface area contributed by atoms with Gasteiger partial charge in [0.15, 0.2) is 0 Å². The molecule has 0 saturated heterocycles. The number of nitrogens with one attached hydrogen (secondary N) is 2. The number of sulfonamides is 1. The second-order valence-electron chi connectivity index (χ2n) is 3.68. The predicted octanol–water partition coefficient (Wildman–Crippen LogP) is -0.620. The van der Waals surface area contributed by atoms with Gasteiger partial charge in [0, 0.05) is 18.8 Å². The van der Waals surface area contributed by atoms with E-state index < -0.39 is 10.0 Å². The van der Waals surface area contributed by atoms with Gasteiger partial charge in [-0.25, -0.2) is 23.1 Å². The minimum Gasteiger partial charge on any atom is -0.388 e. The monoisotopic (exact) mass is 289 g/mol. The Balaban J connectivity index is 2.60. The molecule has 18 heavy (non-hydrogen) atoms. The highest BCUT2D eigenvalue weighted by molar-refractivity contribution is 7.88. The molecule has 0 unspecified atom stereocenters. The first kappa shape index (κ1) is 14.7. The summed E-state index contributed by atoms with van der Waals surface area (Å²) in [7, 11) is -3.18. The molecule has 1 rings (SSSR count). The van der Waals surface area contributed by atoms with Crippen molar-refractivity contribution in [3.63, 3.8) is 0 Å². The summed E-state index contributed by atoms with van der Waals surface area (Å²) >= 11 is 4.83. The molecule has 7 nitrogen and oxygen atoms in total. The number of anilines is 1. The molecular formula is C9H15N5O2S2. The zero-order valence-corrected chi connectivity index (χ0v) is 11.7. The van der Waals surface area contributed by atoms with E-state index in [1.807, 2.05) is 0 Å². The van der Waals surface area contributed by atoms with E-state index in [1.165, 1.54) is 0 Å². The average molecular weight is 289 g/mol. The molecule has 0 fully saturated rings. The number of nitrogens with two attached hydrogens (primary N) is 1. The van der Waals surface area contributed by atoms with Gasteiger partial charge in [-0.2, -0.15) is 0 Å². The lowest BCUT2D eigenvalue weighted by Crippen LogP contribution is -2.28. The van der Waals surface area contributed by atoms with Crippen molar-refractivity contribution >= 4 is 33.2 Å². The number of aryl methyl sites for hydroxylation is 1. The van der Waals surface area contributed by atoms with Crippen LogP contribution in [-0.2, 0) is 10.0 Å². The molecule has 100 valence electrons. The Morgan fingerprint density at radius 2 is 2.11 bits per heavy atom. The van der Waals surface area contributed by atoms with Gasteiger partial charge in [-0.15, -0.1) is 0 Å². The summed E-state index contributed by atoms with van der Waals surface area (Å²) in [6.45, 7) is 2.41. The van der Waals surface area contributed by atoms with Crippen molar-refractivity contribution in [1.82, 2.24) is 14.7 Å². The lowest BCUT2D eigenvalue weighted by Gasteiger charge is -2.07. The quantitative estimate of drug-likeness (QED) is 0.473. The van der Waals surface area contributed by atoms with Crippen molar-refractivity contribution in [3.05, 3.63) is 17.5 Å². The van der Waals surface area contributed by atoms with Crippen molar-refractivity contribution in [3.8, 4) is 0 Å². The first-order valence-corrected chi connectivity index (χ1v) is 7.42. The first-order chi connectivity index (χ1) is 8.28. The van der Waals surface area contributed by atoms with E-state index in [4.69, 9.17) is 18.0 Å². The van der Waals surface area contributed by atoms with E-state index in [9.17, 15) is 8.42 Å². The normalized spacial score (nSPS) is 11.2. The molecular weight excluding hydrogens is 274 g/mol. The van der Waals surface area contributed by atoms with Gasteiger partial charge in [0.1, 0.15) is 10.7 Å². The van der Waals surface area contributed by atoms with Crippen LogP contribution in [0, 0.1) is 6.92 Å². The molecule has 1 heterocycles. The zero-order valence-electron chi connectivity index (χ0n) is 10.1. The SMILES string of the molecule is Cc1cc(C(N)=S)nc(NCCNS(C)(=O)=O)n1. The Kier molecular flexibility index (Phi) is 4.93. The highest BCUT2D eigenvalue weighted by Crippen LogP contribution is 2.04. The molecule has 0 aliphatic carbocycles. The maximum absolute atomic E-state index is 10.8. The van der Waals surface area contributed by atoms with Crippen LogP contribution in [0.2, 0.25) is 0 Å². The van der Waals surface area contributed by atoms with Crippen molar-refractivity contribution in [2.24, 2.45) is 5.73 Å². The molecule has 0 spiro atoms. The van der Waals surface area contributed by atoms with Crippen LogP contribution in [0.15, 0.2) is 6.07 Å². The largest absolute Gasteiger partial charge is 0.388 e. The third kappa shape index (κ3) is 5.34. The highest BCUT2D eigenvalue weighted by atomic mass is 32.2. The standard InChI is InChI=1S/C9H15N5O2S2/c1-6-5-7(8(10)17)14-9(13-6)11-3-4-12-18(2,15)16/h5,12H,3-4H2,1-2H3,(H2,10,17)(H,11,13,14). The fourth-order valence-corrected chi connectivity index (χ4v) is 1.76. The predicted molar refractivity (Wildman–Crippen MR) is 74.0 cm³/mol. The Hall–Kier alpha value is -1.32. The van der Waals surface area contributed by atoms with Gasteiger partial charge >= 0.3 is 0 Å². The Labute approximate surface area is 111 Å². The van der Waals surface area contributed by atoms with Crippen molar-refractivity contribution in [2.75, 3.05) is 24.7 Å². The van der Waals surface area contributed by atoms with Crippen LogP contribution in [-0.4, -0.2) is 42.7 Å². The van der Waals surface area contributed by atoms with Gasteiger partial charge < -0.3 is 11.1 Å². The summed E-state index contributed by atoms with van der Waals surface area (Å²) in [6, 6.07) is 1.68. The summed E-state index contributed by atoms with van der Waals surface area (Å²) in [5, 5.41) is 2.89. The lowest BCUT2D eigenvalue weighted by molar-refractivity contribution is 0.589. The van der Waals surface area contributed by atoms with Crippen LogP contribution in [0.3, 0.4) is 0 Å². The van der Waals surface area contributed by atoms with Gasteiger partial charge in [-0.1, -0.05) is 12.2 Å². The van der Waals surface area contributed by atoms with E-state index >= 15 is 0 Å². The van der Waals surface area contributed by atoms with Crippen LogP contribution in [0.1, 0.15) is 11.4 Å². The van der Waals surface area contributed by atoms with E-state index in [0.29, 0.717) is 18.2 Å². The smallest absolute Gasteiger partial charge is 0.223 e. The first-order valence-electron chi connectivity index (χ1n) is 5.12. The van der Waals surface area contributed by atoms with Crippen LogP contribution < -0.4 is 15.8 Å². The third-order valence-electron chi connectivity index (χ3n) is 1.88. The molecule has 0 saturated carbocycles. The number of nitrogens with zero attached hydrogens (tertiary/aromatic N) is 2. The van der Waals surface area contributed by atoms with Gasteiger partial charge in [0.25, 0.3) is 0 Å². The number of hydrogen-bond acceptors (Lipinski definition) is 6. The van der Waals surface area contributed by atoms with Gasteiger partial charge in [-0.05, 0) is 13.0 Å². The second kappa shape index (κ2) is 6.03. The van der Waals surface area contributed by atoms with Crippen molar-refractivity contribution in [2.45, 2.75) is 6.92 Å².